The fourth-order valence-corrected chi connectivity index (χ4v) is 2.63. The molecule has 0 saturated heterocycles. The highest BCUT2D eigenvalue weighted by atomic mass is 35.5. The second-order valence-electron chi connectivity index (χ2n) is 4.40. The van der Waals surface area contributed by atoms with Crippen molar-refractivity contribution >= 4 is 17.4 Å². The zero-order valence-corrected chi connectivity index (χ0v) is 10.4. The van der Waals surface area contributed by atoms with E-state index in [1.165, 1.54) is 25.7 Å². The van der Waals surface area contributed by atoms with Crippen LogP contribution in [0, 0.1) is 0 Å². The third-order valence-electron chi connectivity index (χ3n) is 3.32. The van der Waals surface area contributed by atoms with Gasteiger partial charge in [0, 0.05) is 25.8 Å². The smallest absolute Gasteiger partial charge is 0.147 e. The third-order valence-corrected chi connectivity index (χ3v) is 3.60. The number of nitrogens with zero attached hydrogens (tertiary/aromatic N) is 2. The molecule has 1 heterocycles. The Hall–Kier alpha value is -0.800. The van der Waals surface area contributed by atoms with Crippen LogP contribution in [-0.4, -0.2) is 18.1 Å². The van der Waals surface area contributed by atoms with Crippen LogP contribution in [0.3, 0.4) is 0 Å². The van der Waals surface area contributed by atoms with E-state index in [1.807, 2.05) is 12.3 Å². The highest BCUT2D eigenvalue weighted by molar-refractivity contribution is 6.33. The molecule has 1 saturated carbocycles. The van der Waals surface area contributed by atoms with Gasteiger partial charge >= 0.3 is 0 Å². The summed E-state index contributed by atoms with van der Waals surface area (Å²) in [5.41, 5.74) is 6.53. The van der Waals surface area contributed by atoms with E-state index < -0.39 is 0 Å². The van der Waals surface area contributed by atoms with E-state index in [1.54, 1.807) is 0 Å². The molecule has 2 N–H and O–H groups in total. The molecule has 1 aliphatic rings. The summed E-state index contributed by atoms with van der Waals surface area (Å²) < 4.78 is 0. The highest BCUT2D eigenvalue weighted by Crippen LogP contribution is 2.30. The molecular formula is C12H18ClN3. The molecule has 1 aliphatic carbocycles. The van der Waals surface area contributed by atoms with Crippen LogP contribution < -0.4 is 10.6 Å². The average Bonchev–Trinajstić information content (AvgIpc) is 2.81. The van der Waals surface area contributed by atoms with Gasteiger partial charge in [-0.25, -0.2) is 4.98 Å². The first-order valence-corrected chi connectivity index (χ1v) is 6.17. The summed E-state index contributed by atoms with van der Waals surface area (Å²) in [6.45, 7) is 0.486. The van der Waals surface area contributed by atoms with E-state index in [2.05, 4.69) is 16.9 Å². The van der Waals surface area contributed by atoms with Gasteiger partial charge in [-0.05, 0) is 24.5 Å². The van der Waals surface area contributed by atoms with Crippen molar-refractivity contribution in [3.05, 3.63) is 22.8 Å². The van der Waals surface area contributed by atoms with E-state index in [0.29, 0.717) is 17.6 Å². The fourth-order valence-electron chi connectivity index (χ4n) is 2.31. The van der Waals surface area contributed by atoms with E-state index >= 15 is 0 Å². The van der Waals surface area contributed by atoms with Crippen LogP contribution in [-0.2, 0) is 6.54 Å². The van der Waals surface area contributed by atoms with Crippen LogP contribution >= 0.6 is 11.6 Å². The molecule has 16 heavy (non-hydrogen) atoms. The molecule has 0 bridgehead atoms. The first-order valence-electron chi connectivity index (χ1n) is 5.79. The van der Waals surface area contributed by atoms with Crippen molar-refractivity contribution in [3.8, 4) is 0 Å². The van der Waals surface area contributed by atoms with E-state index in [0.717, 1.165) is 11.4 Å². The number of pyridine rings is 1. The van der Waals surface area contributed by atoms with Gasteiger partial charge in [-0.15, -0.1) is 0 Å². The Morgan fingerprint density at radius 2 is 2.19 bits per heavy atom. The van der Waals surface area contributed by atoms with Crippen LogP contribution in [0.4, 0.5) is 5.82 Å². The largest absolute Gasteiger partial charge is 0.355 e. The number of rotatable bonds is 3. The summed E-state index contributed by atoms with van der Waals surface area (Å²) in [5, 5.41) is 0.706. The predicted octanol–water partition coefficient (Wildman–Crippen LogP) is 2.57. The lowest BCUT2D eigenvalue weighted by Crippen LogP contribution is -2.29. The average molecular weight is 240 g/mol. The van der Waals surface area contributed by atoms with E-state index in [-0.39, 0.29) is 0 Å². The summed E-state index contributed by atoms with van der Waals surface area (Å²) in [6.07, 6.45) is 6.92. The summed E-state index contributed by atoms with van der Waals surface area (Å²) in [5.74, 6) is 0.880. The Morgan fingerprint density at radius 1 is 1.50 bits per heavy atom. The number of nitrogens with two attached hydrogens (primary N) is 1. The number of hydrogen-bond donors (Lipinski definition) is 1. The third kappa shape index (κ3) is 2.30. The quantitative estimate of drug-likeness (QED) is 0.882. The first-order chi connectivity index (χ1) is 7.72. The lowest BCUT2D eigenvalue weighted by atomic mass is 10.2. The van der Waals surface area contributed by atoms with Gasteiger partial charge in [0.25, 0.3) is 0 Å². The highest BCUT2D eigenvalue weighted by Gasteiger charge is 2.22. The molecule has 4 heteroatoms. The molecule has 1 aromatic rings. The molecule has 0 spiro atoms. The standard InChI is InChI=1S/C12H18ClN3/c1-16(10-4-2-3-5-10)12-11(13)6-9(7-14)8-15-12/h6,8,10H,2-5,7,14H2,1H3. The molecule has 3 nitrogen and oxygen atoms in total. The number of halogens is 1. The number of aromatic nitrogens is 1. The van der Waals surface area contributed by atoms with Gasteiger partial charge in [-0.1, -0.05) is 24.4 Å². The normalized spacial score (nSPS) is 16.7. The number of anilines is 1. The molecule has 0 atom stereocenters. The maximum absolute atomic E-state index is 6.22. The molecule has 0 amide bonds. The summed E-state index contributed by atoms with van der Waals surface area (Å²) in [6, 6.07) is 2.50. The second-order valence-corrected chi connectivity index (χ2v) is 4.81. The molecule has 2 rings (SSSR count). The van der Waals surface area contributed by atoms with Crippen molar-refractivity contribution in [1.29, 1.82) is 0 Å². The van der Waals surface area contributed by atoms with Crippen LogP contribution in [0.2, 0.25) is 5.02 Å². The van der Waals surface area contributed by atoms with Crippen LogP contribution in [0.25, 0.3) is 0 Å². The van der Waals surface area contributed by atoms with E-state index in [4.69, 9.17) is 17.3 Å². The Morgan fingerprint density at radius 3 is 2.75 bits per heavy atom. The van der Waals surface area contributed by atoms with Crippen molar-refractivity contribution in [2.45, 2.75) is 38.3 Å². The zero-order chi connectivity index (χ0) is 11.5. The number of hydrogen-bond acceptors (Lipinski definition) is 3. The minimum absolute atomic E-state index is 0.486. The van der Waals surface area contributed by atoms with Gasteiger partial charge in [-0.3, -0.25) is 0 Å². The molecule has 88 valence electrons. The van der Waals surface area contributed by atoms with Gasteiger partial charge in [-0.2, -0.15) is 0 Å². The van der Waals surface area contributed by atoms with Crippen molar-refractivity contribution in [1.82, 2.24) is 4.98 Å². The fraction of sp³-hybridized carbons (Fsp3) is 0.583. The summed E-state index contributed by atoms with van der Waals surface area (Å²) in [4.78, 5) is 6.61. The van der Waals surface area contributed by atoms with Crippen molar-refractivity contribution < 1.29 is 0 Å². The maximum Gasteiger partial charge on any atom is 0.147 e. The molecule has 0 aromatic carbocycles. The predicted molar refractivity (Wildman–Crippen MR) is 67.8 cm³/mol. The Bertz CT molecular complexity index is 361. The van der Waals surface area contributed by atoms with Gasteiger partial charge < -0.3 is 10.6 Å². The molecule has 0 unspecified atom stereocenters. The lowest BCUT2D eigenvalue weighted by molar-refractivity contribution is 0.646. The van der Waals surface area contributed by atoms with Crippen LogP contribution in [0.15, 0.2) is 12.3 Å². The van der Waals surface area contributed by atoms with Crippen molar-refractivity contribution in [2.75, 3.05) is 11.9 Å². The lowest BCUT2D eigenvalue weighted by Gasteiger charge is -2.26. The van der Waals surface area contributed by atoms with Gasteiger partial charge in [0.05, 0.1) is 5.02 Å². The van der Waals surface area contributed by atoms with Crippen LogP contribution in [0.1, 0.15) is 31.2 Å². The van der Waals surface area contributed by atoms with E-state index in [9.17, 15) is 0 Å². The monoisotopic (exact) mass is 239 g/mol. The first kappa shape index (κ1) is 11.7. The molecule has 1 aromatic heterocycles. The summed E-state index contributed by atoms with van der Waals surface area (Å²) in [7, 11) is 2.08. The zero-order valence-electron chi connectivity index (χ0n) is 9.62. The Labute approximate surface area is 102 Å². The van der Waals surface area contributed by atoms with Gasteiger partial charge in [0.2, 0.25) is 0 Å². The van der Waals surface area contributed by atoms with Crippen LogP contribution in [0.5, 0.6) is 0 Å². The summed E-state index contributed by atoms with van der Waals surface area (Å²) >= 11 is 6.22. The Balaban J connectivity index is 2.19. The maximum atomic E-state index is 6.22. The topological polar surface area (TPSA) is 42.2 Å². The van der Waals surface area contributed by atoms with Gasteiger partial charge in [0.15, 0.2) is 0 Å². The minimum atomic E-state index is 0.486. The van der Waals surface area contributed by atoms with Crippen molar-refractivity contribution in [3.63, 3.8) is 0 Å². The molecule has 1 fully saturated rings. The Kier molecular flexibility index (Phi) is 3.66. The molecular weight excluding hydrogens is 222 g/mol. The second kappa shape index (κ2) is 5.02. The van der Waals surface area contributed by atoms with Gasteiger partial charge in [0.1, 0.15) is 5.82 Å². The SMILES string of the molecule is CN(c1ncc(CN)cc1Cl)C1CCCC1. The minimum Gasteiger partial charge on any atom is -0.355 e. The van der Waals surface area contributed by atoms with Crippen molar-refractivity contribution in [2.24, 2.45) is 5.73 Å². The molecule has 0 radical (unpaired) electrons. The molecule has 0 aliphatic heterocycles.